The van der Waals surface area contributed by atoms with Crippen LogP contribution in [0.25, 0.3) is 11.1 Å². The number of likely N-dealkylation sites (tertiary alicyclic amines) is 1. The first kappa shape index (κ1) is 18.9. The highest BCUT2D eigenvalue weighted by Crippen LogP contribution is 2.26. The van der Waals surface area contributed by atoms with E-state index in [0.29, 0.717) is 24.4 Å². The summed E-state index contributed by atoms with van der Waals surface area (Å²) in [5.74, 6) is 0.0210. The van der Waals surface area contributed by atoms with Crippen LogP contribution < -0.4 is 5.32 Å². The highest BCUT2D eigenvalue weighted by molar-refractivity contribution is 6.01. The van der Waals surface area contributed by atoms with E-state index in [9.17, 15) is 9.59 Å². The van der Waals surface area contributed by atoms with Gasteiger partial charge in [0, 0.05) is 12.2 Å². The van der Waals surface area contributed by atoms with Crippen molar-refractivity contribution in [1.82, 2.24) is 9.88 Å². The van der Waals surface area contributed by atoms with E-state index in [-0.39, 0.29) is 17.5 Å². The lowest BCUT2D eigenvalue weighted by Crippen LogP contribution is -2.43. The normalized spacial score (nSPS) is 16.1. The molecule has 1 fully saturated rings. The van der Waals surface area contributed by atoms with Gasteiger partial charge in [0.05, 0.1) is 0 Å². The maximum absolute atomic E-state index is 12.9. The van der Waals surface area contributed by atoms with Crippen LogP contribution in [0.5, 0.6) is 0 Å². The van der Waals surface area contributed by atoms with Crippen LogP contribution in [-0.2, 0) is 4.79 Å². The summed E-state index contributed by atoms with van der Waals surface area (Å²) in [5.41, 5.74) is 4.29. The maximum atomic E-state index is 12.9. The van der Waals surface area contributed by atoms with Crippen LogP contribution in [-0.4, -0.2) is 34.3 Å². The van der Waals surface area contributed by atoms with Gasteiger partial charge < -0.3 is 14.6 Å². The van der Waals surface area contributed by atoms with Gasteiger partial charge >= 0.3 is 0 Å². The summed E-state index contributed by atoms with van der Waals surface area (Å²) in [7, 11) is 0. The second kappa shape index (κ2) is 7.91. The standard InChI is InChI=1S/C23H23N3O3/c1-15-6-3-7-17(12-15)18-8-4-9-19(13-18)25-22(27)20-10-5-11-26(20)23(28)21-16(2)29-14-24-21/h3-4,6-9,12-14,20H,5,10-11H2,1-2H3,(H,25,27)/t20-/m1/s1. The van der Waals surface area contributed by atoms with Crippen molar-refractivity contribution in [3.05, 3.63) is 71.9 Å². The van der Waals surface area contributed by atoms with Gasteiger partial charge in [-0.3, -0.25) is 9.59 Å². The summed E-state index contributed by atoms with van der Waals surface area (Å²) in [6.07, 6.45) is 2.67. The van der Waals surface area contributed by atoms with E-state index < -0.39 is 6.04 Å². The number of carbonyl (C=O) groups excluding carboxylic acids is 2. The molecule has 1 aliphatic rings. The molecule has 0 unspecified atom stereocenters. The number of nitrogens with one attached hydrogen (secondary N) is 1. The molecule has 1 saturated heterocycles. The molecule has 2 heterocycles. The number of aromatic nitrogens is 1. The Morgan fingerprint density at radius 2 is 1.86 bits per heavy atom. The molecule has 6 nitrogen and oxygen atoms in total. The zero-order chi connectivity index (χ0) is 20.4. The lowest BCUT2D eigenvalue weighted by molar-refractivity contribution is -0.119. The van der Waals surface area contributed by atoms with Crippen molar-refractivity contribution in [1.29, 1.82) is 0 Å². The fourth-order valence-electron chi connectivity index (χ4n) is 3.76. The Kier molecular flexibility index (Phi) is 5.16. The lowest BCUT2D eigenvalue weighted by Gasteiger charge is -2.23. The van der Waals surface area contributed by atoms with Crippen molar-refractivity contribution in [3.63, 3.8) is 0 Å². The highest BCUT2D eigenvalue weighted by atomic mass is 16.3. The van der Waals surface area contributed by atoms with Gasteiger partial charge in [-0.2, -0.15) is 0 Å². The minimum atomic E-state index is -0.513. The predicted molar refractivity (Wildman–Crippen MR) is 111 cm³/mol. The number of oxazole rings is 1. The first-order valence-corrected chi connectivity index (χ1v) is 9.72. The smallest absolute Gasteiger partial charge is 0.276 e. The van der Waals surface area contributed by atoms with E-state index in [1.54, 1.807) is 11.8 Å². The third-order valence-electron chi connectivity index (χ3n) is 5.25. The molecule has 1 aliphatic heterocycles. The Balaban J connectivity index is 1.51. The van der Waals surface area contributed by atoms with Gasteiger partial charge in [0.2, 0.25) is 5.91 Å². The first-order valence-electron chi connectivity index (χ1n) is 9.72. The van der Waals surface area contributed by atoms with E-state index in [4.69, 9.17) is 4.42 Å². The Bertz CT molecular complexity index is 1060. The summed E-state index contributed by atoms with van der Waals surface area (Å²) in [5, 5.41) is 2.98. The van der Waals surface area contributed by atoms with Crippen LogP contribution in [0.1, 0.15) is 34.7 Å². The molecule has 0 aliphatic carbocycles. The number of benzene rings is 2. The Morgan fingerprint density at radius 1 is 1.10 bits per heavy atom. The summed E-state index contributed by atoms with van der Waals surface area (Å²) in [6, 6.07) is 15.5. The van der Waals surface area contributed by atoms with Gasteiger partial charge in [0.15, 0.2) is 12.1 Å². The second-order valence-corrected chi connectivity index (χ2v) is 7.35. The topological polar surface area (TPSA) is 75.4 Å². The molecule has 2 aromatic carbocycles. The number of nitrogens with zero attached hydrogens (tertiary/aromatic N) is 2. The number of hydrogen-bond acceptors (Lipinski definition) is 4. The van der Waals surface area contributed by atoms with Gasteiger partial charge in [-0.15, -0.1) is 0 Å². The van der Waals surface area contributed by atoms with Crippen molar-refractivity contribution in [2.75, 3.05) is 11.9 Å². The molecule has 1 aromatic heterocycles. The molecule has 148 valence electrons. The molecule has 4 rings (SSSR count). The number of aryl methyl sites for hydroxylation is 2. The zero-order valence-corrected chi connectivity index (χ0v) is 16.5. The lowest BCUT2D eigenvalue weighted by atomic mass is 10.0. The summed E-state index contributed by atoms with van der Waals surface area (Å²) in [4.78, 5) is 31.3. The minimum absolute atomic E-state index is 0.182. The molecule has 0 saturated carbocycles. The molecule has 1 atom stereocenters. The molecule has 1 N–H and O–H groups in total. The third kappa shape index (κ3) is 3.92. The molecule has 0 radical (unpaired) electrons. The van der Waals surface area contributed by atoms with E-state index in [1.807, 2.05) is 36.4 Å². The van der Waals surface area contributed by atoms with Gasteiger partial charge in [0.25, 0.3) is 5.91 Å². The maximum Gasteiger partial charge on any atom is 0.276 e. The van der Waals surface area contributed by atoms with E-state index in [2.05, 4.69) is 29.4 Å². The Labute approximate surface area is 169 Å². The van der Waals surface area contributed by atoms with Crippen molar-refractivity contribution in [2.45, 2.75) is 32.7 Å². The number of anilines is 1. The van der Waals surface area contributed by atoms with Crippen molar-refractivity contribution >= 4 is 17.5 Å². The van der Waals surface area contributed by atoms with Gasteiger partial charge in [-0.1, -0.05) is 42.0 Å². The van der Waals surface area contributed by atoms with Crippen molar-refractivity contribution in [2.24, 2.45) is 0 Å². The third-order valence-corrected chi connectivity index (χ3v) is 5.25. The van der Waals surface area contributed by atoms with Gasteiger partial charge in [-0.05, 0) is 49.9 Å². The predicted octanol–water partition coefficient (Wildman–Crippen LogP) is 4.20. The van der Waals surface area contributed by atoms with Crippen molar-refractivity contribution < 1.29 is 14.0 Å². The number of amides is 2. The fraction of sp³-hybridized carbons (Fsp3) is 0.261. The van der Waals surface area contributed by atoms with Crippen LogP contribution in [0, 0.1) is 13.8 Å². The average molecular weight is 389 g/mol. The summed E-state index contributed by atoms with van der Waals surface area (Å²) >= 11 is 0. The minimum Gasteiger partial charge on any atom is -0.448 e. The van der Waals surface area contributed by atoms with Gasteiger partial charge in [0.1, 0.15) is 11.8 Å². The number of carbonyl (C=O) groups is 2. The Morgan fingerprint density at radius 3 is 2.59 bits per heavy atom. The second-order valence-electron chi connectivity index (χ2n) is 7.35. The largest absolute Gasteiger partial charge is 0.448 e. The van der Waals surface area contributed by atoms with E-state index in [0.717, 1.165) is 17.5 Å². The highest BCUT2D eigenvalue weighted by Gasteiger charge is 2.36. The van der Waals surface area contributed by atoms with Crippen LogP contribution in [0.3, 0.4) is 0 Å². The average Bonchev–Trinajstić information content (AvgIpc) is 3.37. The van der Waals surface area contributed by atoms with Crippen LogP contribution in [0.15, 0.2) is 59.3 Å². The van der Waals surface area contributed by atoms with Crippen LogP contribution in [0.4, 0.5) is 5.69 Å². The van der Waals surface area contributed by atoms with Gasteiger partial charge in [-0.25, -0.2) is 4.98 Å². The van der Waals surface area contributed by atoms with Crippen molar-refractivity contribution in [3.8, 4) is 11.1 Å². The number of hydrogen-bond donors (Lipinski definition) is 1. The summed E-state index contributed by atoms with van der Waals surface area (Å²) in [6.45, 7) is 4.28. The quantitative estimate of drug-likeness (QED) is 0.726. The zero-order valence-electron chi connectivity index (χ0n) is 16.5. The van der Waals surface area contributed by atoms with Crippen LogP contribution >= 0.6 is 0 Å². The Hall–Kier alpha value is -3.41. The fourth-order valence-corrected chi connectivity index (χ4v) is 3.76. The SMILES string of the molecule is Cc1cccc(-c2cccc(NC(=O)[C@H]3CCCN3C(=O)c3ncoc3C)c2)c1. The summed E-state index contributed by atoms with van der Waals surface area (Å²) < 4.78 is 5.14. The molecule has 6 heteroatoms. The number of rotatable bonds is 4. The molecule has 29 heavy (non-hydrogen) atoms. The molecule has 0 bridgehead atoms. The first-order chi connectivity index (χ1) is 14.0. The molecular weight excluding hydrogens is 366 g/mol. The molecule has 2 amide bonds. The monoisotopic (exact) mass is 389 g/mol. The van der Waals surface area contributed by atoms with E-state index >= 15 is 0 Å². The molecule has 0 spiro atoms. The molecular formula is C23H23N3O3. The molecule has 3 aromatic rings. The van der Waals surface area contributed by atoms with Crippen LogP contribution in [0.2, 0.25) is 0 Å². The van der Waals surface area contributed by atoms with E-state index in [1.165, 1.54) is 12.0 Å².